The summed E-state index contributed by atoms with van der Waals surface area (Å²) in [4.78, 5) is 13.8. The van der Waals surface area contributed by atoms with Crippen LogP contribution in [0.1, 0.15) is 17.5 Å². The van der Waals surface area contributed by atoms with Gasteiger partial charge in [0.25, 0.3) is 0 Å². The van der Waals surface area contributed by atoms with Gasteiger partial charge in [-0.3, -0.25) is 4.79 Å². The van der Waals surface area contributed by atoms with E-state index < -0.39 is 6.10 Å². The maximum Gasteiger partial charge on any atom is 0.223 e. The predicted molar refractivity (Wildman–Crippen MR) is 74.9 cm³/mol. The molecule has 104 valence electrons. The number of likely N-dealkylation sites (N-methyl/N-ethyl adjacent to an activating group) is 1. The van der Waals surface area contributed by atoms with E-state index in [9.17, 15) is 9.90 Å². The van der Waals surface area contributed by atoms with Crippen molar-refractivity contribution >= 4 is 5.91 Å². The van der Waals surface area contributed by atoms with Crippen LogP contribution in [0.3, 0.4) is 0 Å². The highest BCUT2D eigenvalue weighted by molar-refractivity contribution is 5.76. The molecule has 0 aromatic heterocycles. The number of nitrogens with one attached hydrogen (secondary N) is 1. The molecule has 1 fully saturated rings. The van der Waals surface area contributed by atoms with Crippen molar-refractivity contribution in [3.63, 3.8) is 0 Å². The second-order valence-corrected chi connectivity index (χ2v) is 5.29. The first-order valence-electron chi connectivity index (χ1n) is 6.78. The highest BCUT2D eigenvalue weighted by Crippen LogP contribution is 2.11. The average molecular weight is 262 g/mol. The van der Waals surface area contributed by atoms with E-state index in [1.807, 2.05) is 12.1 Å². The topological polar surface area (TPSA) is 52.6 Å². The highest BCUT2D eigenvalue weighted by Gasteiger charge is 2.30. The van der Waals surface area contributed by atoms with Gasteiger partial charge in [0.05, 0.1) is 12.1 Å². The maximum atomic E-state index is 12.1. The third-order valence-electron chi connectivity index (χ3n) is 3.75. The highest BCUT2D eigenvalue weighted by atomic mass is 16.3. The first-order chi connectivity index (χ1) is 9.08. The van der Waals surface area contributed by atoms with Gasteiger partial charge in [-0.15, -0.1) is 0 Å². The summed E-state index contributed by atoms with van der Waals surface area (Å²) < 4.78 is 0. The number of benzene rings is 1. The van der Waals surface area contributed by atoms with Gasteiger partial charge in [0, 0.05) is 26.6 Å². The van der Waals surface area contributed by atoms with Crippen molar-refractivity contribution in [3.8, 4) is 0 Å². The molecule has 1 saturated heterocycles. The van der Waals surface area contributed by atoms with E-state index in [1.54, 1.807) is 11.9 Å². The van der Waals surface area contributed by atoms with E-state index in [4.69, 9.17) is 0 Å². The Bertz CT molecular complexity index is 448. The number of β-amino-alcohol motifs (C(OH)–C–C–N with tert-alkyl or cyclic N) is 1. The first-order valence-corrected chi connectivity index (χ1v) is 6.78. The predicted octanol–water partition coefficient (Wildman–Crippen LogP) is 0.719. The van der Waals surface area contributed by atoms with Crippen LogP contribution in [-0.2, 0) is 11.2 Å². The summed E-state index contributed by atoms with van der Waals surface area (Å²) in [6.45, 7) is 3.30. The molecule has 1 aliphatic heterocycles. The van der Waals surface area contributed by atoms with Crippen LogP contribution in [0.2, 0.25) is 0 Å². The normalized spacial score (nSPS) is 22.5. The molecule has 0 spiro atoms. The van der Waals surface area contributed by atoms with Gasteiger partial charge in [-0.2, -0.15) is 0 Å². The lowest BCUT2D eigenvalue weighted by Crippen LogP contribution is -2.44. The number of carbonyl (C=O) groups is 1. The molecule has 4 heteroatoms. The van der Waals surface area contributed by atoms with E-state index in [2.05, 4.69) is 24.4 Å². The Morgan fingerprint density at radius 2 is 2.26 bits per heavy atom. The lowest BCUT2D eigenvalue weighted by atomic mass is 10.1. The van der Waals surface area contributed by atoms with Crippen molar-refractivity contribution in [2.45, 2.75) is 31.9 Å². The van der Waals surface area contributed by atoms with Crippen molar-refractivity contribution in [3.05, 3.63) is 35.4 Å². The number of hydrogen-bond acceptors (Lipinski definition) is 3. The molecular formula is C15H22N2O2. The molecule has 2 rings (SSSR count). The average Bonchev–Trinajstić information content (AvgIpc) is 2.81. The minimum atomic E-state index is -0.451. The number of carbonyl (C=O) groups excluding carboxylic acids is 1. The monoisotopic (exact) mass is 262 g/mol. The minimum Gasteiger partial charge on any atom is -0.390 e. The fourth-order valence-corrected chi connectivity index (χ4v) is 2.53. The molecular weight excluding hydrogens is 240 g/mol. The summed E-state index contributed by atoms with van der Waals surface area (Å²) in [6, 6.07) is 8.14. The zero-order valence-electron chi connectivity index (χ0n) is 11.6. The first kappa shape index (κ1) is 14.0. The van der Waals surface area contributed by atoms with Crippen molar-refractivity contribution < 1.29 is 9.90 Å². The van der Waals surface area contributed by atoms with Gasteiger partial charge >= 0.3 is 0 Å². The largest absolute Gasteiger partial charge is 0.390 e. The Balaban J connectivity index is 1.87. The second-order valence-electron chi connectivity index (χ2n) is 5.29. The van der Waals surface area contributed by atoms with Gasteiger partial charge in [0.2, 0.25) is 5.91 Å². The number of nitrogens with zero attached hydrogens (tertiary/aromatic N) is 1. The molecule has 1 aromatic carbocycles. The molecule has 0 unspecified atom stereocenters. The summed E-state index contributed by atoms with van der Waals surface area (Å²) in [5.41, 5.74) is 2.40. The molecule has 4 nitrogen and oxygen atoms in total. The summed E-state index contributed by atoms with van der Waals surface area (Å²) in [7, 11) is 1.78. The molecule has 19 heavy (non-hydrogen) atoms. The van der Waals surface area contributed by atoms with Crippen LogP contribution < -0.4 is 5.32 Å². The zero-order chi connectivity index (χ0) is 13.8. The standard InChI is InChI=1S/C15H22N2O2/c1-11-4-3-5-12(8-11)6-7-15(19)17(2)13-9-16-10-14(13)18/h3-5,8,13-14,16,18H,6-7,9-10H2,1-2H3/t13-,14-/m1/s1. The van der Waals surface area contributed by atoms with Crippen LogP contribution in [0.25, 0.3) is 0 Å². The van der Waals surface area contributed by atoms with Crippen LogP contribution in [-0.4, -0.2) is 48.2 Å². The van der Waals surface area contributed by atoms with Crippen molar-refractivity contribution in [2.24, 2.45) is 0 Å². The van der Waals surface area contributed by atoms with Gasteiger partial charge in [-0.25, -0.2) is 0 Å². The second kappa shape index (κ2) is 6.17. The maximum absolute atomic E-state index is 12.1. The summed E-state index contributed by atoms with van der Waals surface area (Å²) in [6.07, 6.45) is 0.789. The molecule has 1 aliphatic rings. The molecule has 0 radical (unpaired) electrons. The van der Waals surface area contributed by atoms with Gasteiger partial charge in [-0.1, -0.05) is 29.8 Å². The fourth-order valence-electron chi connectivity index (χ4n) is 2.53. The van der Waals surface area contributed by atoms with Gasteiger partial charge in [0.1, 0.15) is 0 Å². The Labute approximate surface area is 114 Å². The number of aliphatic hydroxyl groups is 1. The van der Waals surface area contributed by atoms with Crippen LogP contribution in [0.15, 0.2) is 24.3 Å². The van der Waals surface area contributed by atoms with Gasteiger partial charge in [-0.05, 0) is 18.9 Å². The smallest absolute Gasteiger partial charge is 0.223 e. The van der Waals surface area contributed by atoms with Crippen molar-refractivity contribution in [2.75, 3.05) is 20.1 Å². The third kappa shape index (κ3) is 3.55. The summed E-state index contributed by atoms with van der Waals surface area (Å²) in [5, 5.41) is 12.9. The summed E-state index contributed by atoms with van der Waals surface area (Å²) >= 11 is 0. The van der Waals surface area contributed by atoms with Crippen LogP contribution in [0, 0.1) is 6.92 Å². The number of hydrogen-bond donors (Lipinski definition) is 2. The molecule has 1 heterocycles. The fraction of sp³-hybridized carbons (Fsp3) is 0.533. The number of aryl methyl sites for hydroxylation is 2. The molecule has 2 N–H and O–H groups in total. The van der Waals surface area contributed by atoms with E-state index in [-0.39, 0.29) is 11.9 Å². The molecule has 0 aliphatic carbocycles. The van der Waals surface area contributed by atoms with Crippen molar-refractivity contribution in [1.82, 2.24) is 10.2 Å². The summed E-state index contributed by atoms with van der Waals surface area (Å²) in [5.74, 6) is 0.0919. The van der Waals surface area contributed by atoms with Crippen LogP contribution in [0.5, 0.6) is 0 Å². The Morgan fingerprint density at radius 3 is 2.89 bits per heavy atom. The third-order valence-corrected chi connectivity index (χ3v) is 3.75. The Kier molecular flexibility index (Phi) is 4.56. The quantitative estimate of drug-likeness (QED) is 0.840. The van der Waals surface area contributed by atoms with E-state index in [0.29, 0.717) is 19.5 Å². The minimum absolute atomic E-state index is 0.0919. The lowest BCUT2D eigenvalue weighted by molar-refractivity contribution is -0.133. The number of aliphatic hydroxyl groups excluding tert-OH is 1. The van der Waals surface area contributed by atoms with Crippen LogP contribution in [0.4, 0.5) is 0 Å². The number of rotatable bonds is 4. The van der Waals surface area contributed by atoms with E-state index in [0.717, 1.165) is 6.42 Å². The number of amides is 1. The lowest BCUT2D eigenvalue weighted by Gasteiger charge is -2.26. The Hall–Kier alpha value is -1.39. The molecule has 1 amide bonds. The van der Waals surface area contributed by atoms with Crippen molar-refractivity contribution in [1.29, 1.82) is 0 Å². The molecule has 0 saturated carbocycles. The molecule has 2 atom stereocenters. The molecule has 0 bridgehead atoms. The Morgan fingerprint density at radius 1 is 1.47 bits per heavy atom. The van der Waals surface area contributed by atoms with E-state index in [1.165, 1.54) is 11.1 Å². The van der Waals surface area contributed by atoms with E-state index >= 15 is 0 Å². The zero-order valence-corrected chi connectivity index (χ0v) is 11.6. The SMILES string of the molecule is Cc1cccc(CCC(=O)N(C)[C@@H]2CNC[C@H]2O)c1. The van der Waals surface area contributed by atoms with Gasteiger partial charge in [0.15, 0.2) is 0 Å². The molecule has 1 aromatic rings. The van der Waals surface area contributed by atoms with Gasteiger partial charge < -0.3 is 15.3 Å². The van der Waals surface area contributed by atoms with Crippen LogP contribution >= 0.6 is 0 Å².